The van der Waals surface area contributed by atoms with E-state index in [9.17, 15) is 18.0 Å². The molecule has 0 heterocycles. The molecule has 0 fully saturated rings. The lowest BCUT2D eigenvalue weighted by Gasteiger charge is -2.07. The van der Waals surface area contributed by atoms with Gasteiger partial charge in [0.15, 0.2) is 0 Å². The molecule has 5 heteroatoms. The van der Waals surface area contributed by atoms with Gasteiger partial charge in [-0.25, -0.2) is 0 Å². The Hall–Kier alpha value is -1.00. The summed E-state index contributed by atoms with van der Waals surface area (Å²) in [6.07, 6.45) is -4.28. The third kappa shape index (κ3) is 3.64. The summed E-state index contributed by atoms with van der Waals surface area (Å²) in [7, 11) is 0. The molecule has 0 spiro atoms. The van der Waals surface area contributed by atoms with Crippen molar-refractivity contribution in [1.29, 1.82) is 0 Å². The lowest BCUT2D eigenvalue weighted by molar-refractivity contribution is -0.115. The minimum atomic E-state index is -4.44. The quantitative estimate of drug-likeness (QED) is 0.620. The van der Waals surface area contributed by atoms with Crippen LogP contribution in [0.2, 0.25) is 0 Å². The van der Waals surface area contributed by atoms with Gasteiger partial charge in [-0.15, -0.1) is 0 Å². The van der Waals surface area contributed by atoms with Crippen molar-refractivity contribution in [3.63, 3.8) is 0 Å². The van der Waals surface area contributed by atoms with Crippen LogP contribution in [-0.4, -0.2) is 12.1 Å². The zero-order valence-corrected chi connectivity index (χ0v) is 5.90. The summed E-state index contributed by atoms with van der Waals surface area (Å²) in [5, 5.41) is 0. The Morgan fingerprint density at radius 1 is 1.55 bits per heavy atom. The number of halogens is 3. The van der Waals surface area contributed by atoms with Crippen molar-refractivity contribution in [3.05, 3.63) is 11.6 Å². The first-order valence-corrected chi connectivity index (χ1v) is 2.95. The molecule has 0 saturated heterocycles. The summed E-state index contributed by atoms with van der Waals surface area (Å²) >= 11 is 0. The van der Waals surface area contributed by atoms with Crippen LogP contribution in [0.25, 0.3) is 0 Å². The maximum atomic E-state index is 11.8. The van der Waals surface area contributed by atoms with Gasteiger partial charge in [0.05, 0.1) is 0 Å². The zero-order valence-electron chi connectivity index (χ0n) is 5.90. The highest BCUT2D eigenvalue weighted by atomic mass is 19.4. The zero-order chi connectivity index (χ0) is 9.07. The van der Waals surface area contributed by atoms with Crippen LogP contribution in [0.1, 0.15) is 13.3 Å². The highest BCUT2D eigenvalue weighted by molar-refractivity contribution is 5.86. The number of hydrogen-bond acceptors (Lipinski definition) is 1. The number of allylic oxidation sites excluding steroid dienone is 1. The number of carbonyl (C=O) groups is 1. The number of alkyl halides is 3. The van der Waals surface area contributed by atoms with E-state index in [1.54, 1.807) is 0 Å². The van der Waals surface area contributed by atoms with Crippen LogP contribution >= 0.6 is 0 Å². The second-order valence-electron chi connectivity index (χ2n) is 1.92. The van der Waals surface area contributed by atoms with Gasteiger partial charge in [-0.3, -0.25) is 4.79 Å². The molecule has 0 aliphatic heterocycles. The molecular weight excluding hydrogens is 159 g/mol. The van der Waals surface area contributed by atoms with Crippen LogP contribution in [0.5, 0.6) is 0 Å². The molecule has 0 aromatic carbocycles. The lowest BCUT2D eigenvalue weighted by atomic mass is 10.2. The van der Waals surface area contributed by atoms with Crippen molar-refractivity contribution in [3.8, 4) is 0 Å². The van der Waals surface area contributed by atoms with Crippen LogP contribution < -0.4 is 5.73 Å². The van der Waals surface area contributed by atoms with Crippen LogP contribution in [0, 0.1) is 0 Å². The van der Waals surface area contributed by atoms with Crippen LogP contribution in [0.15, 0.2) is 11.6 Å². The molecule has 0 aliphatic carbocycles. The van der Waals surface area contributed by atoms with Crippen LogP contribution in [0.3, 0.4) is 0 Å². The monoisotopic (exact) mass is 167 g/mol. The lowest BCUT2D eigenvalue weighted by Crippen LogP contribution is -2.16. The number of amides is 1. The Labute approximate surface area is 61.9 Å². The van der Waals surface area contributed by atoms with E-state index in [0.29, 0.717) is 6.08 Å². The normalized spacial score (nSPS) is 13.3. The highest BCUT2D eigenvalue weighted by Gasteiger charge is 2.32. The summed E-state index contributed by atoms with van der Waals surface area (Å²) in [6.45, 7) is 1.31. The second-order valence-corrected chi connectivity index (χ2v) is 1.92. The molecule has 0 unspecified atom stereocenters. The van der Waals surface area contributed by atoms with Gasteiger partial charge >= 0.3 is 6.18 Å². The van der Waals surface area contributed by atoms with Gasteiger partial charge < -0.3 is 5.73 Å². The third-order valence-corrected chi connectivity index (χ3v) is 1.06. The molecule has 0 aromatic heterocycles. The SMILES string of the molecule is CC/C(=C\C(N)=O)C(F)(F)F. The van der Waals surface area contributed by atoms with Gasteiger partial charge in [0, 0.05) is 11.6 Å². The van der Waals surface area contributed by atoms with Gasteiger partial charge in [0.1, 0.15) is 0 Å². The fraction of sp³-hybridized carbons (Fsp3) is 0.500. The minimum Gasteiger partial charge on any atom is -0.366 e. The minimum absolute atomic E-state index is 0.244. The van der Waals surface area contributed by atoms with Gasteiger partial charge in [0.2, 0.25) is 5.91 Å². The molecule has 2 nitrogen and oxygen atoms in total. The topological polar surface area (TPSA) is 43.1 Å². The van der Waals surface area contributed by atoms with E-state index in [4.69, 9.17) is 0 Å². The van der Waals surface area contributed by atoms with Crippen molar-refractivity contribution in [2.24, 2.45) is 5.73 Å². The molecule has 0 bridgehead atoms. The number of hydrogen-bond donors (Lipinski definition) is 1. The average molecular weight is 167 g/mol. The van der Waals surface area contributed by atoms with E-state index < -0.39 is 17.7 Å². The predicted molar refractivity (Wildman–Crippen MR) is 33.6 cm³/mol. The predicted octanol–water partition coefficient (Wildman–Crippen LogP) is 1.37. The van der Waals surface area contributed by atoms with E-state index in [-0.39, 0.29) is 6.42 Å². The fourth-order valence-electron chi connectivity index (χ4n) is 0.556. The maximum absolute atomic E-state index is 11.8. The molecule has 0 rings (SSSR count). The summed E-state index contributed by atoms with van der Waals surface area (Å²) < 4.78 is 35.4. The van der Waals surface area contributed by atoms with Crippen LogP contribution in [0.4, 0.5) is 13.2 Å². The Morgan fingerprint density at radius 3 is 2.09 bits per heavy atom. The number of nitrogens with two attached hydrogens (primary N) is 1. The maximum Gasteiger partial charge on any atom is 0.412 e. The van der Waals surface area contributed by atoms with Gasteiger partial charge in [-0.1, -0.05) is 6.92 Å². The summed E-state index contributed by atoms with van der Waals surface area (Å²) in [4.78, 5) is 10.1. The number of primary amides is 1. The van der Waals surface area contributed by atoms with Crippen molar-refractivity contribution in [1.82, 2.24) is 0 Å². The summed E-state index contributed by atoms with van der Waals surface area (Å²) in [5.41, 5.74) is 3.65. The largest absolute Gasteiger partial charge is 0.412 e. The van der Waals surface area contributed by atoms with Crippen molar-refractivity contribution in [2.45, 2.75) is 19.5 Å². The molecule has 1 amide bonds. The van der Waals surface area contributed by atoms with E-state index in [0.717, 1.165) is 0 Å². The van der Waals surface area contributed by atoms with Crippen molar-refractivity contribution in [2.75, 3.05) is 0 Å². The molecule has 2 N–H and O–H groups in total. The van der Waals surface area contributed by atoms with E-state index >= 15 is 0 Å². The average Bonchev–Trinajstić information content (AvgIpc) is 1.79. The standard InChI is InChI=1S/C6H8F3NO/c1-2-4(3-5(10)11)6(7,8)9/h3H,2H2,1H3,(H2,10,11)/b4-3+. The first-order chi connectivity index (χ1) is 4.88. The third-order valence-electron chi connectivity index (χ3n) is 1.06. The number of rotatable bonds is 2. The summed E-state index contributed by atoms with van der Waals surface area (Å²) in [6, 6.07) is 0. The number of carbonyl (C=O) groups excluding carboxylic acids is 1. The van der Waals surface area contributed by atoms with Gasteiger partial charge in [-0.05, 0) is 6.42 Å². The Morgan fingerprint density at radius 2 is 2.00 bits per heavy atom. The van der Waals surface area contributed by atoms with E-state index in [1.807, 2.05) is 0 Å². The Bertz CT molecular complexity index is 183. The molecule has 0 aromatic rings. The Balaban J connectivity index is 4.54. The van der Waals surface area contributed by atoms with E-state index in [1.165, 1.54) is 6.92 Å². The molecule has 0 saturated carbocycles. The van der Waals surface area contributed by atoms with Gasteiger partial charge in [-0.2, -0.15) is 13.2 Å². The Kier molecular flexibility index (Phi) is 3.10. The molecule has 64 valence electrons. The van der Waals surface area contributed by atoms with Crippen LogP contribution in [-0.2, 0) is 4.79 Å². The molecule has 0 radical (unpaired) electrons. The fourth-order valence-corrected chi connectivity index (χ4v) is 0.556. The molecular formula is C6H8F3NO. The van der Waals surface area contributed by atoms with Gasteiger partial charge in [0.25, 0.3) is 0 Å². The molecule has 0 atom stereocenters. The van der Waals surface area contributed by atoms with Crippen molar-refractivity contribution < 1.29 is 18.0 Å². The first-order valence-electron chi connectivity index (χ1n) is 2.95. The molecule has 0 aliphatic rings. The highest BCUT2D eigenvalue weighted by Crippen LogP contribution is 2.27. The second kappa shape index (κ2) is 3.41. The first kappa shape index (κ1) is 10.0. The van der Waals surface area contributed by atoms with Crippen molar-refractivity contribution >= 4 is 5.91 Å². The summed E-state index contributed by atoms with van der Waals surface area (Å²) in [5.74, 6) is -1.07. The molecule has 11 heavy (non-hydrogen) atoms. The van der Waals surface area contributed by atoms with E-state index in [2.05, 4.69) is 5.73 Å². The smallest absolute Gasteiger partial charge is 0.366 e.